The Morgan fingerprint density at radius 3 is 1.62 bits per heavy atom. The maximum atomic E-state index is 5.09. The monoisotopic (exact) mass is 186 g/mol. The van der Waals surface area contributed by atoms with E-state index in [9.17, 15) is 0 Å². The first-order valence-corrected chi connectivity index (χ1v) is 4.37. The molecule has 76 valence electrons. The van der Waals surface area contributed by atoms with Gasteiger partial charge in [-0.05, 0) is 12.8 Å². The third-order valence-electron chi connectivity index (χ3n) is 1.27. The molecule has 0 atom stereocenters. The summed E-state index contributed by atoms with van der Waals surface area (Å²) >= 11 is 0. The number of hydrogen-bond acceptors (Lipinski definition) is 3. The van der Waals surface area contributed by atoms with E-state index >= 15 is 0 Å². The summed E-state index contributed by atoms with van der Waals surface area (Å²) in [4.78, 5) is 0. The summed E-state index contributed by atoms with van der Waals surface area (Å²) in [6.07, 6.45) is 5.31. The van der Waals surface area contributed by atoms with Crippen molar-refractivity contribution >= 4 is 0 Å². The second kappa shape index (κ2) is 11.4. The highest BCUT2D eigenvalue weighted by molar-refractivity contribution is 4.64. The Morgan fingerprint density at radius 2 is 1.23 bits per heavy atom. The van der Waals surface area contributed by atoms with Gasteiger partial charge in [0.15, 0.2) is 0 Å². The molecule has 0 aliphatic heterocycles. The van der Waals surface area contributed by atoms with Crippen LogP contribution in [-0.2, 0) is 14.2 Å². The minimum atomic E-state index is 0.280. The summed E-state index contributed by atoms with van der Waals surface area (Å²) in [7, 11) is 0. The second-order valence-electron chi connectivity index (χ2n) is 2.41. The molecule has 3 nitrogen and oxygen atoms in total. The number of ether oxygens (including phenoxy) is 3. The molecular formula is C10H18O3. The van der Waals surface area contributed by atoms with Gasteiger partial charge in [-0.15, -0.1) is 13.2 Å². The lowest BCUT2D eigenvalue weighted by Gasteiger charge is -2.04. The van der Waals surface area contributed by atoms with Gasteiger partial charge in [0.2, 0.25) is 0 Å². The van der Waals surface area contributed by atoms with Crippen molar-refractivity contribution in [1.29, 1.82) is 0 Å². The first kappa shape index (κ1) is 12.4. The quantitative estimate of drug-likeness (QED) is 0.297. The van der Waals surface area contributed by atoms with Crippen LogP contribution in [0.5, 0.6) is 0 Å². The Bertz CT molecular complexity index is 109. The molecule has 0 fully saturated rings. The maximum Gasteiger partial charge on any atom is 0.149 e. The topological polar surface area (TPSA) is 27.7 Å². The van der Waals surface area contributed by atoms with Gasteiger partial charge < -0.3 is 14.2 Å². The van der Waals surface area contributed by atoms with E-state index in [1.807, 2.05) is 0 Å². The Morgan fingerprint density at radius 1 is 0.769 bits per heavy atom. The van der Waals surface area contributed by atoms with E-state index in [1.54, 1.807) is 12.2 Å². The fourth-order valence-electron chi connectivity index (χ4n) is 0.603. The summed E-state index contributed by atoms with van der Waals surface area (Å²) in [5, 5.41) is 0. The first-order valence-electron chi connectivity index (χ1n) is 4.37. The summed E-state index contributed by atoms with van der Waals surface area (Å²) in [6.45, 7) is 9.00. The lowest BCUT2D eigenvalue weighted by Crippen LogP contribution is -2.05. The molecular weight excluding hydrogens is 168 g/mol. The standard InChI is InChI=1S/C10H18O3/c1-3-5-7-11-9-13-10-12-8-6-4-2/h3-4H,1-2,5-10H2. The number of hydrogen-bond donors (Lipinski definition) is 0. The molecule has 0 aromatic carbocycles. The van der Waals surface area contributed by atoms with E-state index in [1.165, 1.54) is 0 Å². The average molecular weight is 186 g/mol. The van der Waals surface area contributed by atoms with Gasteiger partial charge in [0.05, 0.1) is 13.2 Å². The molecule has 0 rings (SSSR count). The molecule has 0 unspecified atom stereocenters. The third-order valence-corrected chi connectivity index (χ3v) is 1.27. The van der Waals surface area contributed by atoms with Gasteiger partial charge >= 0.3 is 0 Å². The minimum absolute atomic E-state index is 0.280. The van der Waals surface area contributed by atoms with Gasteiger partial charge in [-0.3, -0.25) is 0 Å². The van der Waals surface area contributed by atoms with Crippen LogP contribution in [0.15, 0.2) is 25.3 Å². The van der Waals surface area contributed by atoms with Crippen LogP contribution in [0.3, 0.4) is 0 Å². The largest absolute Gasteiger partial charge is 0.355 e. The summed E-state index contributed by atoms with van der Waals surface area (Å²) < 4.78 is 15.2. The molecule has 0 aliphatic rings. The van der Waals surface area contributed by atoms with Gasteiger partial charge in [-0.1, -0.05) is 12.2 Å². The normalized spacial score (nSPS) is 9.85. The molecule has 0 heterocycles. The van der Waals surface area contributed by atoms with Crippen molar-refractivity contribution in [2.75, 3.05) is 26.8 Å². The number of rotatable bonds is 10. The zero-order chi connectivity index (χ0) is 9.78. The molecule has 3 heteroatoms. The fraction of sp³-hybridized carbons (Fsp3) is 0.600. The predicted octanol–water partition coefficient (Wildman–Crippen LogP) is 2.10. The van der Waals surface area contributed by atoms with E-state index in [4.69, 9.17) is 14.2 Å². The van der Waals surface area contributed by atoms with Crippen molar-refractivity contribution in [2.45, 2.75) is 12.8 Å². The van der Waals surface area contributed by atoms with Crippen LogP contribution in [0.2, 0.25) is 0 Å². The Hall–Kier alpha value is -0.640. The molecule has 13 heavy (non-hydrogen) atoms. The van der Waals surface area contributed by atoms with E-state index in [0.29, 0.717) is 13.2 Å². The van der Waals surface area contributed by atoms with Crippen LogP contribution < -0.4 is 0 Å². The minimum Gasteiger partial charge on any atom is -0.355 e. The molecule has 0 saturated carbocycles. The molecule has 0 aliphatic carbocycles. The SMILES string of the molecule is C=CCCOCOCOCCC=C. The molecule has 0 radical (unpaired) electrons. The Labute approximate surface area is 80.0 Å². The van der Waals surface area contributed by atoms with Gasteiger partial charge in [0, 0.05) is 0 Å². The molecule has 0 N–H and O–H groups in total. The predicted molar refractivity (Wildman–Crippen MR) is 52.4 cm³/mol. The van der Waals surface area contributed by atoms with Crippen molar-refractivity contribution in [3.8, 4) is 0 Å². The van der Waals surface area contributed by atoms with E-state index in [-0.39, 0.29) is 13.6 Å². The lowest BCUT2D eigenvalue weighted by molar-refractivity contribution is -0.129. The molecule has 0 aromatic heterocycles. The summed E-state index contributed by atoms with van der Waals surface area (Å²) in [5.74, 6) is 0. The molecule has 0 spiro atoms. The van der Waals surface area contributed by atoms with Crippen LogP contribution in [0.25, 0.3) is 0 Å². The highest BCUT2D eigenvalue weighted by Gasteiger charge is 1.87. The highest BCUT2D eigenvalue weighted by atomic mass is 16.7. The average Bonchev–Trinajstić information content (AvgIpc) is 2.16. The van der Waals surface area contributed by atoms with Crippen LogP contribution in [-0.4, -0.2) is 26.8 Å². The van der Waals surface area contributed by atoms with Crippen LogP contribution >= 0.6 is 0 Å². The van der Waals surface area contributed by atoms with E-state index in [0.717, 1.165) is 12.8 Å². The molecule has 0 saturated heterocycles. The molecule has 0 bridgehead atoms. The van der Waals surface area contributed by atoms with Gasteiger partial charge in [-0.2, -0.15) is 0 Å². The van der Waals surface area contributed by atoms with Gasteiger partial charge in [-0.25, -0.2) is 0 Å². The van der Waals surface area contributed by atoms with E-state index < -0.39 is 0 Å². The fourth-order valence-corrected chi connectivity index (χ4v) is 0.603. The van der Waals surface area contributed by atoms with Crippen LogP contribution in [0, 0.1) is 0 Å². The van der Waals surface area contributed by atoms with Crippen molar-refractivity contribution in [1.82, 2.24) is 0 Å². The smallest absolute Gasteiger partial charge is 0.149 e. The zero-order valence-electron chi connectivity index (χ0n) is 8.04. The van der Waals surface area contributed by atoms with Gasteiger partial charge in [0.1, 0.15) is 13.6 Å². The Balaban J connectivity index is 2.83. The zero-order valence-corrected chi connectivity index (χ0v) is 8.04. The first-order chi connectivity index (χ1) is 6.41. The van der Waals surface area contributed by atoms with E-state index in [2.05, 4.69) is 13.2 Å². The maximum absolute atomic E-state index is 5.09. The van der Waals surface area contributed by atoms with Crippen LogP contribution in [0.1, 0.15) is 12.8 Å². The van der Waals surface area contributed by atoms with Crippen molar-refractivity contribution < 1.29 is 14.2 Å². The highest BCUT2D eigenvalue weighted by Crippen LogP contribution is 1.86. The Kier molecular flexibility index (Phi) is 10.8. The van der Waals surface area contributed by atoms with Crippen LogP contribution in [0.4, 0.5) is 0 Å². The van der Waals surface area contributed by atoms with Crippen molar-refractivity contribution in [3.63, 3.8) is 0 Å². The summed E-state index contributed by atoms with van der Waals surface area (Å²) in [5.41, 5.74) is 0. The van der Waals surface area contributed by atoms with Crippen molar-refractivity contribution in [2.24, 2.45) is 0 Å². The second-order valence-corrected chi connectivity index (χ2v) is 2.41. The molecule has 0 amide bonds. The summed E-state index contributed by atoms with van der Waals surface area (Å²) in [6, 6.07) is 0. The molecule has 0 aromatic rings. The lowest BCUT2D eigenvalue weighted by atomic mass is 10.5. The van der Waals surface area contributed by atoms with Gasteiger partial charge in [0.25, 0.3) is 0 Å². The van der Waals surface area contributed by atoms with Crippen molar-refractivity contribution in [3.05, 3.63) is 25.3 Å². The third kappa shape index (κ3) is 11.4.